The summed E-state index contributed by atoms with van der Waals surface area (Å²) in [5, 5.41) is 4.53. The van der Waals surface area contributed by atoms with Crippen LogP contribution in [0.15, 0.2) is 0 Å². The lowest BCUT2D eigenvalue weighted by atomic mass is 9.92. The van der Waals surface area contributed by atoms with Crippen molar-refractivity contribution in [2.24, 2.45) is 12.5 Å². The Bertz CT molecular complexity index is 609. The van der Waals surface area contributed by atoms with Crippen molar-refractivity contribution in [1.82, 2.24) is 19.3 Å². The Hall–Kier alpha value is -1.10. The molecule has 0 aromatic carbocycles. The third-order valence-electron chi connectivity index (χ3n) is 3.24. The lowest BCUT2D eigenvalue weighted by Crippen LogP contribution is -2.11. The van der Waals surface area contributed by atoms with Gasteiger partial charge in [0.25, 0.3) is 0 Å². The minimum absolute atomic E-state index is 0.310. The molecule has 0 unspecified atom stereocenters. The van der Waals surface area contributed by atoms with Crippen molar-refractivity contribution in [3.63, 3.8) is 0 Å². The summed E-state index contributed by atoms with van der Waals surface area (Å²) in [6.07, 6.45) is 2.02. The first-order valence-corrected chi connectivity index (χ1v) is 6.88. The van der Waals surface area contributed by atoms with Crippen LogP contribution in [0.5, 0.6) is 0 Å². The molecule has 18 heavy (non-hydrogen) atoms. The minimum atomic E-state index is 0.310. The largest absolute Gasteiger partial charge is 0.328 e. The van der Waals surface area contributed by atoms with Crippen LogP contribution >= 0.6 is 12.2 Å². The SMILES string of the molecule is CCc1nn(C)c2c1[nH]c(=S)n2CCC(C)(C)C. The number of aromatic nitrogens is 4. The third kappa shape index (κ3) is 2.36. The van der Waals surface area contributed by atoms with E-state index in [1.165, 1.54) is 0 Å². The summed E-state index contributed by atoms with van der Waals surface area (Å²) in [5.41, 5.74) is 3.61. The van der Waals surface area contributed by atoms with E-state index in [2.05, 4.69) is 42.3 Å². The quantitative estimate of drug-likeness (QED) is 0.864. The van der Waals surface area contributed by atoms with Crippen molar-refractivity contribution in [3.8, 4) is 0 Å². The van der Waals surface area contributed by atoms with Gasteiger partial charge in [-0.3, -0.25) is 4.68 Å². The summed E-state index contributed by atoms with van der Waals surface area (Å²) < 4.78 is 4.91. The molecule has 100 valence electrons. The van der Waals surface area contributed by atoms with Crippen molar-refractivity contribution < 1.29 is 0 Å². The first-order chi connectivity index (χ1) is 8.33. The molecule has 0 bridgehead atoms. The maximum Gasteiger partial charge on any atom is 0.179 e. The molecule has 0 saturated heterocycles. The predicted molar refractivity (Wildman–Crippen MR) is 77.3 cm³/mol. The zero-order chi connectivity index (χ0) is 13.5. The number of hydrogen-bond acceptors (Lipinski definition) is 2. The number of nitrogens with one attached hydrogen (secondary N) is 1. The number of aryl methyl sites for hydroxylation is 3. The lowest BCUT2D eigenvalue weighted by Gasteiger charge is -2.18. The monoisotopic (exact) mass is 266 g/mol. The van der Waals surface area contributed by atoms with E-state index < -0.39 is 0 Å². The molecule has 5 heteroatoms. The molecule has 0 aliphatic rings. The van der Waals surface area contributed by atoms with E-state index in [4.69, 9.17) is 12.2 Å². The van der Waals surface area contributed by atoms with Gasteiger partial charge in [-0.1, -0.05) is 27.7 Å². The average Bonchev–Trinajstić information content (AvgIpc) is 2.72. The second-order valence-corrected chi connectivity index (χ2v) is 6.40. The van der Waals surface area contributed by atoms with E-state index in [1.807, 2.05) is 11.7 Å². The maximum atomic E-state index is 5.43. The molecule has 2 rings (SSSR count). The maximum absolute atomic E-state index is 5.43. The molecule has 1 N–H and O–H groups in total. The van der Waals surface area contributed by atoms with Gasteiger partial charge in [-0.05, 0) is 30.5 Å². The summed E-state index contributed by atoms with van der Waals surface area (Å²) in [6.45, 7) is 9.81. The van der Waals surface area contributed by atoms with Gasteiger partial charge in [0.15, 0.2) is 10.4 Å². The Morgan fingerprint density at radius 3 is 2.56 bits per heavy atom. The van der Waals surface area contributed by atoms with Crippen LogP contribution in [0.4, 0.5) is 0 Å². The molecule has 4 nitrogen and oxygen atoms in total. The van der Waals surface area contributed by atoms with Crippen molar-refractivity contribution in [3.05, 3.63) is 10.5 Å². The molecule has 0 fully saturated rings. The summed E-state index contributed by atoms with van der Waals surface area (Å²) in [6, 6.07) is 0. The number of H-pyrrole nitrogens is 1. The third-order valence-corrected chi connectivity index (χ3v) is 3.56. The van der Waals surface area contributed by atoms with Gasteiger partial charge in [0, 0.05) is 13.6 Å². The molecule has 0 saturated carbocycles. The van der Waals surface area contributed by atoms with Crippen LogP contribution in [0.1, 0.15) is 39.8 Å². The molecule has 2 aromatic heterocycles. The molecule has 0 amide bonds. The number of imidazole rings is 1. The van der Waals surface area contributed by atoms with E-state index >= 15 is 0 Å². The van der Waals surface area contributed by atoms with Gasteiger partial charge in [-0.15, -0.1) is 0 Å². The van der Waals surface area contributed by atoms with Crippen LogP contribution in [-0.4, -0.2) is 19.3 Å². The Balaban J connectivity index is 2.47. The van der Waals surface area contributed by atoms with Gasteiger partial charge in [0.05, 0.1) is 5.69 Å². The van der Waals surface area contributed by atoms with Gasteiger partial charge >= 0.3 is 0 Å². The second-order valence-electron chi connectivity index (χ2n) is 6.01. The van der Waals surface area contributed by atoms with Crippen LogP contribution in [0.2, 0.25) is 0 Å². The number of aromatic amines is 1. The van der Waals surface area contributed by atoms with E-state index in [1.54, 1.807) is 0 Å². The molecule has 0 aliphatic heterocycles. The highest BCUT2D eigenvalue weighted by Crippen LogP contribution is 2.23. The highest BCUT2D eigenvalue weighted by Gasteiger charge is 2.16. The first-order valence-electron chi connectivity index (χ1n) is 6.48. The number of nitrogens with zero attached hydrogens (tertiary/aromatic N) is 3. The highest BCUT2D eigenvalue weighted by molar-refractivity contribution is 7.71. The molecule has 0 aliphatic carbocycles. The Morgan fingerprint density at radius 1 is 1.33 bits per heavy atom. The Morgan fingerprint density at radius 2 is 2.00 bits per heavy atom. The molecule has 0 spiro atoms. The van der Waals surface area contributed by atoms with E-state index in [9.17, 15) is 0 Å². The molecule has 2 aromatic rings. The van der Waals surface area contributed by atoms with Crippen LogP contribution in [0, 0.1) is 10.2 Å². The van der Waals surface area contributed by atoms with Crippen molar-refractivity contribution in [1.29, 1.82) is 0 Å². The average molecular weight is 266 g/mol. The number of hydrogen-bond donors (Lipinski definition) is 1. The Kier molecular flexibility index (Phi) is 3.36. The molecule has 0 radical (unpaired) electrons. The van der Waals surface area contributed by atoms with Crippen molar-refractivity contribution >= 4 is 23.4 Å². The minimum Gasteiger partial charge on any atom is -0.328 e. The second kappa shape index (κ2) is 4.53. The summed E-state index contributed by atoms with van der Waals surface area (Å²) in [7, 11) is 1.98. The van der Waals surface area contributed by atoms with Gasteiger partial charge in [-0.2, -0.15) is 5.10 Å². The van der Waals surface area contributed by atoms with Gasteiger partial charge < -0.3 is 9.55 Å². The zero-order valence-electron chi connectivity index (χ0n) is 11.9. The standard InChI is InChI=1S/C13H22N4S/c1-6-9-10-11(16(5)15-9)17(12(18)14-10)8-7-13(2,3)4/h6-8H2,1-5H3,(H,14,18). The molecular weight excluding hydrogens is 244 g/mol. The fourth-order valence-corrected chi connectivity index (χ4v) is 2.46. The van der Waals surface area contributed by atoms with Crippen LogP contribution < -0.4 is 0 Å². The van der Waals surface area contributed by atoms with Gasteiger partial charge in [-0.25, -0.2) is 0 Å². The molecule has 0 atom stereocenters. The van der Waals surface area contributed by atoms with E-state index in [-0.39, 0.29) is 0 Å². The first kappa shape index (κ1) is 13.3. The van der Waals surface area contributed by atoms with Gasteiger partial charge in [0.2, 0.25) is 0 Å². The van der Waals surface area contributed by atoms with Crippen LogP contribution in [0.25, 0.3) is 11.2 Å². The normalized spacial score (nSPS) is 12.5. The fraction of sp³-hybridized carbons (Fsp3) is 0.692. The number of rotatable bonds is 3. The summed E-state index contributed by atoms with van der Waals surface area (Å²) in [4.78, 5) is 3.30. The van der Waals surface area contributed by atoms with Crippen molar-refractivity contribution in [2.45, 2.75) is 47.1 Å². The smallest absolute Gasteiger partial charge is 0.179 e. The van der Waals surface area contributed by atoms with Gasteiger partial charge in [0.1, 0.15) is 5.52 Å². The molecule has 2 heterocycles. The number of fused-ring (bicyclic) bond motifs is 1. The summed E-state index contributed by atoms with van der Waals surface area (Å²) >= 11 is 5.43. The molecular formula is C13H22N4S. The highest BCUT2D eigenvalue weighted by atomic mass is 32.1. The van der Waals surface area contributed by atoms with Crippen LogP contribution in [0.3, 0.4) is 0 Å². The predicted octanol–water partition coefficient (Wildman–Crippen LogP) is 3.43. The Labute approximate surface area is 113 Å². The van der Waals surface area contributed by atoms with E-state index in [0.29, 0.717) is 5.41 Å². The van der Waals surface area contributed by atoms with E-state index in [0.717, 1.165) is 41.0 Å². The topological polar surface area (TPSA) is 38.5 Å². The fourth-order valence-electron chi connectivity index (χ4n) is 2.18. The van der Waals surface area contributed by atoms with Crippen LogP contribution in [-0.2, 0) is 20.0 Å². The lowest BCUT2D eigenvalue weighted by molar-refractivity contribution is 0.350. The summed E-state index contributed by atoms with van der Waals surface area (Å²) in [5.74, 6) is 0. The van der Waals surface area contributed by atoms with Crippen molar-refractivity contribution in [2.75, 3.05) is 0 Å². The zero-order valence-corrected chi connectivity index (χ0v) is 12.7.